The van der Waals surface area contributed by atoms with E-state index in [1.165, 1.54) is 37.8 Å². The number of aromatic nitrogens is 1. The van der Waals surface area contributed by atoms with Crippen LogP contribution in [0.2, 0.25) is 0 Å². The molecule has 2 N–H and O–H groups in total. The SMILES string of the molecule is Fc1ccc(CCCNC(=S)Nc2ccc(N3CCCCCC3)nc2)cc1. The lowest BCUT2D eigenvalue weighted by molar-refractivity contribution is 0.626. The summed E-state index contributed by atoms with van der Waals surface area (Å²) < 4.78 is 12.9. The first kappa shape index (κ1) is 19.5. The number of thiocarbonyl (C=S) groups is 1. The molecule has 1 aromatic heterocycles. The number of hydrogen-bond donors (Lipinski definition) is 2. The predicted octanol–water partition coefficient (Wildman–Crippen LogP) is 4.52. The molecule has 1 fully saturated rings. The Kier molecular flexibility index (Phi) is 7.39. The molecule has 0 unspecified atom stereocenters. The third-order valence-electron chi connectivity index (χ3n) is 4.78. The number of nitrogens with one attached hydrogen (secondary N) is 2. The zero-order valence-corrected chi connectivity index (χ0v) is 16.4. The number of anilines is 2. The van der Waals surface area contributed by atoms with E-state index in [9.17, 15) is 4.39 Å². The monoisotopic (exact) mass is 386 g/mol. The zero-order valence-electron chi connectivity index (χ0n) is 15.6. The minimum absolute atomic E-state index is 0.197. The lowest BCUT2D eigenvalue weighted by Crippen LogP contribution is -2.29. The third kappa shape index (κ3) is 6.47. The Morgan fingerprint density at radius 3 is 2.44 bits per heavy atom. The van der Waals surface area contributed by atoms with Gasteiger partial charge in [-0.25, -0.2) is 9.37 Å². The second kappa shape index (κ2) is 10.2. The Morgan fingerprint density at radius 1 is 1.04 bits per heavy atom. The molecule has 0 spiro atoms. The molecular formula is C21H27FN4S. The predicted molar refractivity (Wildman–Crippen MR) is 114 cm³/mol. The molecule has 4 nitrogen and oxygen atoms in total. The standard InChI is InChI=1S/C21H27FN4S/c22-18-9-7-17(8-10-18)6-5-13-23-21(27)25-19-11-12-20(24-16-19)26-14-3-1-2-4-15-26/h7-12,16H,1-6,13-15H2,(H2,23,25,27). The molecule has 0 saturated carbocycles. The molecule has 1 aliphatic heterocycles. The molecule has 0 aliphatic carbocycles. The largest absolute Gasteiger partial charge is 0.362 e. The Balaban J connectivity index is 1.39. The van der Waals surface area contributed by atoms with E-state index in [1.54, 1.807) is 0 Å². The Hall–Kier alpha value is -2.21. The van der Waals surface area contributed by atoms with Crippen molar-refractivity contribution in [3.63, 3.8) is 0 Å². The van der Waals surface area contributed by atoms with Crippen LogP contribution in [0.3, 0.4) is 0 Å². The number of aryl methyl sites for hydroxylation is 1. The second-order valence-electron chi connectivity index (χ2n) is 6.92. The number of benzene rings is 1. The van der Waals surface area contributed by atoms with Gasteiger partial charge in [0.1, 0.15) is 11.6 Å². The molecule has 1 aliphatic rings. The molecule has 3 rings (SSSR count). The number of halogens is 1. The molecule has 27 heavy (non-hydrogen) atoms. The van der Waals surface area contributed by atoms with Gasteiger partial charge in [-0.1, -0.05) is 25.0 Å². The molecule has 0 atom stereocenters. The van der Waals surface area contributed by atoms with Crippen molar-refractivity contribution in [1.29, 1.82) is 0 Å². The van der Waals surface area contributed by atoms with Crippen LogP contribution in [0, 0.1) is 5.82 Å². The van der Waals surface area contributed by atoms with Crippen molar-refractivity contribution in [2.75, 3.05) is 29.9 Å². The van der Waals surface area contributed by atoms with E-state index >= 15 is 0 Å². The highest BCUT2D eigenvalue weighted by Crippen LogP contribution is 2.18. The van der Waals surface area contributed by atoms with Crippen molar-refractivity contribution in [3.8, 4) is 0 Å². The zero-order chi connectivity index (χ0) is 18.9. The first-order chi connectivity index (χ1) is 13.2. The molecule has 2 aromatic rings. The molecular weight excluding hydrogens is 359 g/mol. The maximum Gasteiger partial charge on any atom is 0.170 e. The van der Waals surface area contributed by atoms with Crippen LogP contribution in [-0.4, -0.2) is 29.7 Å². The van der Waals surface area contributed by atoms with Crippen LogP contribution < -0.4 is 15.5 Å². The van der Waals surface area contributed by atoms with Gasteiger partial charge in [0, 0.05) is 19.6 Å². The lowest BCUT2D eigenvalue weighted by atomic mass is 10.1. The average Bonchev–Trinajstić information content (AvgIpc) is 2.97. The summed E-state index contributed by atoms with van der Waals surface area (Å²) in [5, 5.41) is 6.98. The van der Waals surface area contributed by atoms with E-state index in [-0.39, 0.29) is 5.82 Å². The second-order valence-corrected chi connectivity index (χ2v) is 7.33. The summed E-state index contributed by atoms with van der Waals surface area (Å²) in [4.78, 5) is 6.95. The summed E-state index contributed by atoms with van der Waals surface area (Å²) in [5.74, 6) is 0.846. The molecule has 6 heteroatoms. The Labute approximate surface area is 166 Å². The van der Waals surface area contributed by atoms with E-state index in [0.717, 1.165) is 49.5 Å². The highest BCUT2D eigenvalue weighted by molar-refractivity contribution is 7.80. The van der Waals surface area contributed by atoms with Gasteiger partial charge in [0.2, 0.25) is 0 Å². The van der Waals surface area contributed by atoms with Gasteiger partial charge in [-0.15, -0.1) is 0 Å². The van der Waals surface area contributed by atoms with Crippen LogP contribution in [0.15, 0.2) is 42.6 Å². The van der Waals surface area contributed by atoms with E-state index in [1.807, 2.05) is 24.4 Å². The smallest absolute Gasteiger partial charge is 0.170 e. The van der Waals surface area contributed by atoms with Gasteiger partial charge in [0.25, 0.3) is 0 Å². The number of nitrogens with zero attached hydrogens (tertiary/aromatic N) is 2. The van der Waals surface area contributed by atoms with Gasteiger partial charge in [-0.05, 0) is 67.7 Å². The van der Waals surface area contributed by atoms with E-state index < -0.39 is 0 Å². The van der Waals surface area contributed by atoms with Crippen molar-refractivity contribution < 1.29 is 4.39 Å². The van der Waals surface area contributed by atoms with Crippen molar-refractivity contribution in [2.24, 2.45) is 0 Å². The van der Waals surface area contributed by atoms with Crippen LogP contribution in [0.5, 0.6) is 0 Å². The van der Waals surface area contributed by atoms with Crippen molar-refractivity contribution in [1.82, 2.24) is 10.3 Å². The summed E-state index contributed by atoms with van der Waals surface area (Å²) >= 11 is 5.35. The van der Waals surface area contributed by atoms with Crippen LogP contribution in [-0.2, 0) is 6.42 Å². The number of pyridine rings is 1. The van der Waals surface area contributed by atoms with Gasteiger partial charge in [0.15, 0.2) is 5.11 Å². The first-order valence-electron chi connectivity index (χ1n) is 9.71. The summed E-state index contributed by atoms with van der Waals surface area (Å²) in [6.07, 6.45) is 8.78. The van der Waals surface area contributed by atoms with E-state index in [0.29, 0.717) is 5.11 Å². The van der Waals surface area contributed by atoms with E-state index in [4.69, 9.17) is 12.2 Å². The molecule has 1 saturated heterocycles. The molecule has 0 radical (unpaired) electrons. The molecule has 0 bridgehead atoms. The maximum atomic E-state index is 12.9. The number of rotatable bonds is 6. The van der Waals surface area contributed by atoms with E-state index in [2.05, 4.69) is 26.6 Å². The number of hydrogen-bond acceptors (Lipinski definition) is 3. The fraction of sp³-hybridized carbons (Fsp3) is 0.429. The van der Waals surface area contributed by atoms with Gasteiger partial charge in [0.05, 0.1) is 11.9 Å². The topological polar surface area (TPSA) is 40.2 Å². The van der Waals surface area contributed by atoms with Gasteiger partial charge >= 0.3 is 0 Å². The van der Waals surface area contributed by atoms with Crippen molar-refractivity contribution in [2.45, 2.75) is 38.5 Å². The minimum Gasteiger partial charge on any atom is -0.362 e. The maximum absolute atomic E-state index is 12.9. The third-order valence-corrected chi connectivity index (χ3v) is 5.02. The van der Waals surface area contributed by atoms with Crippen LogP contribution in [0.1, 0.15) is 37.7 Å². The fourth-order valence-corrected chi connectivity index (χ4v) is 3.49. The fourth-order valence-electron chi connectivity index (χ4n) is 3.27. The summed E-state index contributed by atoms with van der Waals surface area (Å²) in [5.41, 5.74) is 2.02. The average molecular weight is 387 g/mol. The van der Waals surface area contributed by atoms with Crippen LogP contribution in [0.4, 0.5) is 15.9 Å². The minimum atomic E-state index is -0.197. The van der Waals surface area contributed by atoms with Crippen molar-refractivity contribution in [3.05, 3.63) is 54.0 Å². The van der Waals surface area contributed by atoms with Crippen molar-refractivity contribution >= 4 is 28.8 Å². The molecule has 1 aromatic carbocycles. The van der Waals surface area contributed by atoms with Crippen LogP contribution in [0.25, 0.3) is 0 Å². The Morgan fingerprint density at radius 2 is 1.78 bits per heavy atom. The first-order valence-corrected chi connectivity index (χ1v) is 10.1. The lowest BCUT2D eigenvalue weighted by Gasteiger charge is -2.21. The summed E-state index contributed by atoms with van der Waals surface area (Å²) in [6, 6.07) is 10.7. The quantitative estimate of drug-likeness (QED) is 0.564. The normalized spacial score (nSPS) is 14.5. The summed E-state index contributed by atoms with van der Waals surface area (Å²) in [6.45, 7) is 2.95. The van der Waals surface area contributed by atoms with Crippen LogP contribution >= 0.6 is 12.2 Å². The van der Waals surface area contributed by atoms with Gasteiger partial charge < -0.3 is 15.5 Å². The highest BCUT2D eigenvalue weighted by Gasteiger charge is 2.10. The highest BCUT2D eigenvalue weighted by atomic mass is 32.1. The van der Waals surface area contributed by atoms with Gasteiger partial charge in [-0.2, -0.15) is 0 Å². The summed E-state index contributed by atoms with van der Waals surface area (Å²) in [7, 11) is 0. The molecule has 144 valence electrons. The molecule has 0 amide bonds. The molecule has 2 heterocycles. The Bertz CT molecular complexity index is 710. The van der Waals surface area contributed by atoms with Gasteiger partial charge in [-0.3, -0.25) is 0 Å².